The SMILES string of the molecule is [Bi].[Cd].[In].[Pb].[Sn].[Tl]. The van der Waals surface area contributed by atoms with Gasteiger partial charge in [0.1, 0.15) is 0 Å². The summed E-state index contributed by atoms with van der Waals surface area (Å²) in [6, 6.07) is 0. The fourth-order valence-electron chi connectivity index (χ4n) is 0. The first-order chi connectivity index (χ1) is 0. The van der Waals surface area contributed by atoms with Crippen molar-refractivity contribution in [3.05, 3.63) is 0 Å². The summed E-state index contributed by atoms with van der Waals surface area (Å²) in [5.41, 5.74) is 0. The molecule has 6 heteroatoms. The summed E-state index contributed by atoms with van der Waals surface area (Å²) >= 11 is 0. The largest absolute Gasteiger partial charge is 0 e. The van der Waals surface area contributed by atoms with Gasteiger partial charge in [-0.15, -0.1) is 0 Å². The summed E-state index contributed by atoms with van der Waals surface area (Å²) in [5.74, 6) is 0. The fraction of sp³-hybridized carbons (Fsp3) is 0. The molecule has 0 heterocycles. The molecule has 0 amide bonds. The third-order valence-corrected chi connectivity index (χ3v) is 0. The molecule has 0 saturated heterocycles. The van der Waals surface area contributed by atoms with Gasteiger partial charge < -0.3 is 0 Å². The molecule has 0 aliphatic heterocycles. The van der Waals surface area contributed by atoms with Gasteiger partial charge in [0.15, 0.2) is 0 Å². The Hall–Kier alpha value is 5.32. The predicted molar refractivity (Wildman–Crippen MR) is 28.8 cm³/mol. The Kier molecular flexibility index (Phi) is 225. The van der Waals surface area contributed by atoms with Crippen LogP contribution in [0.25, 0.3) is 0 Å². The molecule has 0 aliphatic rings. The number of rotatable bonds is 0. The van der Waals surface area contributed by atoms with Crippen molar-refractivity contribution in [2.24, 2.45) is 0 Å². The third-order valence-electron chi connectivity index (χ3n) is 0. The molecule has 0 saturated carbocycles. The smallest absolute Gasteiger partial charge is 0 e. The zero-order valence-corrected chi connectivity index (χ0v) is 25.3. The van der Waals surface area contributed by atoms with Crippen molar-refractivity contribution in [2.45, 2.75) is 0 Å². The van der Waals surface area contributed by atoms with Crippen LogP contribution < -0.4 is 0 Å². The Labute approximate surface area is 153 Å². The zero-order valence-electron chi connectivity index (χ0n) is 3.31. The van der Waals surface area contributed by atoms with Crippen molar-refractivity contribution >= 4 is 131 Å². The van der Waals surface area contributed by atoms with Gasteiger partial charge in [0.05, 0.1) is 0 Å². The van der Waals surface area contributed by atoms with Gasteiger partial charge in [-0.2, -0.15) is 0 Å². The zero-order chi connectivity index (χ0) is 0. The molecule has 0 rings (SSSR count). The average Bonchev–Trinajstić information content (AvgIpc) is 0. The van der Waals surface area contributed by atoms with Crippen LogP contribution in [0.5, 0.6) is 0 Å². The molecular weight excluding hydrogens is 967 g/mol. The van der Waals surface area contributed by atoms with Crippen molar-refractivity contribution in [2.75, 3.05) is 0 Å². The summed E-state index contributed by atoms with van der Waals surface area (Å²) in [7, 11) is 0. The maximum absolute atomic E-state index is 0. The maximum atomic E-state index is 0. The van der Waals surface area contributed by atoms with E-state index in [0.717, 1.165) is 0 Å². The molecule has 0 aromatic rings. The molecule has 0 N–H and O–H groups in total. The van der Waals surface area contributed by atoms with Gasteiger partial charge in [-0.25, -0.2) is 0 Å². The van der Waals surface area contributed by atoms with Crippen LogP contribution in [0.15, 0.2) is 0 Å². The van der Waals surface area contributed by atoms with Crippen LogP contribution in [0.3, 0.4) is 0 Å². The van der Waals surface area contributed by atoms with E-state index < -0.39 is 0 Å². The second-order valence-electron chi connectivity index (χ2n) is 0. The summed E-state index contributed by atoms with van der Waals surface area (Å²) < 4.78 is 0. The normalized spacial score (nSPS) is 0. The fourth-order valence-corrected chi connectivity index (χ4v) is 0. The molecule has 0 nitrogen and oxygen atoms in total. The van der Waals surface area contributed by atoms with E-state index in [1.165, 1.54) is 0 Å². The molecule has 0 bridgehead atoms. The molecule has 0 unspecified atom stereocenters. The van der Waals surface area contributed by atoms with Crippen LogP contribution in [-0.2, 0) is 27.3 Å². The van der Waals surface area contributed by atoms with E-state index in [2.05, 4.69) is 0 Å². The monoisotopic (exact) mass is 971 g/mol. The van der Waals surface area contributed by atoms with E-state index in [-0.39, 0.29) is 158 Å². The molecule has 0 spiro atoms. The van der Waals surface area contributed by atoms with Crippen molar-refractivity contribution in [1.82, 2.24) is 0 Å². The summed E-state index contributed by atoms with van der Waals surface area (Å²) in [6.45, 7) is 0. The molecule has 0 atom stereocenters. The maximum Gasteiger partial charge on any atom is 0 e. The minimum absolute atomic E-state index is 0. The average molecular weight is 967 g/mol. The molecule has 15 radical (unpaired) electrons. The van der Waals surface area contributed by atoms with Crippen LogP contribution in [0.4, 0.5) is 0 Å². The standard InChI is InChI=1S/Bi.Cd.In.Pb.Sn.Tl. The van der Waals surface area contributed by atoms with Gasteiger partial charge in [0.2, 0.25) is 0 Å². The Bertz CT molecular complexity index is 15.5. The Morgan fingerprint density at radius 1 is 1.00 bits per heavy atom. The van der Waals surface area contributed by atoms with Crippen LogP contribution in [0, 0.1) is 0 Å². The van der Waals surface area contributed by atoms with E-state index >= 15 is 0 Å². The number of hydrogen-bond donors (Lipinski definition) is 0. The second kappa shape index (κ2) is 31.7. The molecule has 0 aromatic heterocycles. The van der Waals surface area contributed by atoms with Crippen LogP contribution in [-0.4, -0.2) is 131 Å². The molecule has 0 fully saturated rings. The van der Waals surface area contributed by atoms with Gasteiger partial charge in [0, 0.05) is 158 Å². The third kappa shape index (κ3) is 22.8. The summed E-state index contributed by atoms with van der Waals surface area (Å²) in [4.78, 5) is 0. The number of hydrogen-bond acceptors (Lipinski definition) is 0. The van der Waals surface area contributed by atoms with E-state index in [1.807, 2.05) is 0 Å². The molecule has 0 aromatic carbocycles. The molecular formula is BiCdInPbSnTl. The van der Waals surface area contributed by atoms with E-state index in [9.17, 15) is 0 Å². The summed E-state index contributed by atoms with van der Waals surface area (Å²) in [5, 5.41) is 0. The molecule has 21 valence electrons. The molecule has 0 aliphatic carbocycles. The minimum Gasteiger partial charge on any atom is 0 e. The van der Waals surface area contributed by atoms with Gasteiger partial charge in [-0.1, -0.05) is 0 Å². The van der Waals surface area contributed by atoms with E-state index in [0.29, 0.717) is 0 Å². The van der Waals surface area contributed by atoms with E-state index in [1.54, 1.807) is 0 Å². The topological polar surface area (TPSA) is 0 Å². The Balaban J connectivity index is 0. The second-order valence-corrected chi connectivity index (χ2v) is 0. The van der Waals surface area contributed by atoms with Gasteiger partial charge in [-0.3, -0.25) is 0 Å². The van der Waals surface area contributed by atoms with Crippen molar-refractivity contribution in [1.29, 1.82) is 0 Å². The summed E-state index contributed by atoms with van der Waals surface area (Å²) in [6.07, 6.45) is 0. The van der Waals surface area contributed by atoms with Crippen LogP contribution in [0.2, 0.25) is 0 Å². The quantitative estimate of drug-likeness (QED) is 0.250. The van der Waals surface area contributed by atoms with Gasteiger partial charge in [0.25, 0.3) is 0 Å². The van der Waals surface area contributed by atoms with E-state index in [4.69, 9.17) is 0 Å². The van der Waals surface area contributed by atoms with Gasteiger partial charge in [-0.05, 0) is 0 Å². The van der Waals surface area contributed by atoms with Crippen molar-refractivity contribution in [3.63, 3.8) is 0 Å². The van der Waals surface area contributed by atoms with Crippen LogP contribution >= 0.6 is 0 Å². The first-order valence-electron chi connectivity index (χ1n) is 0. The molecule has 6 heavy (non-hydrogen) atoms. The van der Waals surface area contributed by atoms with Crippen molar-refractivity contribution < 1.29 is 27.3 Å². The van der Waals surface area contributed by atoms with Gasteiger partial charge >= 0.3 is 0 Å². The van der Waals surface area contributed by atoms with Crippen molar-refractivity contribution in [3.8, 4) is 0 Å². The minimum atomic E-state index is 0. The predicted octanol–water partition coefficient (Wildman–Crippen LogP) is -1.91. The Morgan fingerprint density at radius 3 is 1.00 bits per heavy atom. The van der Waals surface area contributed by atoms with Crippen LogP contribution in [0.1, 0.15) is 0 Å². The first-order valence-corrected chi connectivity index (χ1v) is 0. The Morgan fingerprint density at radius 2 is 1.00 bits per heavy atom. The first kappa shape index (κ1) is 42.6.